The average molecular weight is 269 g/mol. The van der Waals surface area contributed by atoms with Crippen molar-refractivity contribution in [3.63, 3.8) is 0 Å². The molecule has 2 aromatic rings. The molecule has 2 rings (SSSR count). The third-order valence-corrected chi connectivity index (χ3v) is 2.98. The van der Waals surface area contributed by atoms with Gasteiger partial charge in [-0.2, -0.15) is 0 Å². The van der Waals surface area contributed by atoms with Crippen LogP contribution in [0.5, 0.6) is 0 Å². The molecule has 0 radical (unpaired) electrons. The lowest BCUT2D eigenvalue weighted by atomic mass is 10.2. The van der Waals surface area contributed by atoms with Gasteiger partial charge in [-0.15, -0.1) is 0 Å². The van der Waals surface area contributed by atoms with E-state index in [0.29, 0.717) is 12.3 Å². The molecule has 0 saturated carbocycles. The molecule has 0 aliphatic carbocycles. The topological polar surface area (TPSA) is 48.7 Å². The van der Waals surface area contributed by atoms with E-state index < -0.39 is 0 Å². The summed E-state index contributed by atoms with van der Waals surface area (Å²) in [7, 11) is 0. The van der Waals surface area contributed by atoms with Crippen LogP contribution < -0.4 is 0 Å². The monoisotopic (exact) mass is 269 g/mol. The lowest BCUT2D eigenvalue weighted by Crippen LogP contribution is -2.28. The first kappa shape index (κ1) is 14.2. The predicted octanol–water partition coefficient (Wildman–Crippen LogP) is 2.93. The fourth-order valence-electron chi connectivity index (χ4n) is 2.09. The molecule has 104 valence electrons. The minimum absolute atomic E-state index is 0.613. The van der Waals surface area contributed by atoms with Crippen LogP contribution in [0.1, 0.15) is 18.2 Å². The number of hydrogen-bond acceptors (Lipinski definition) is 4. The Morgan fingerprint density at radius 2 is 1.85 bits per heavy atom. The highest BCUT2D eigenvalue weighted by Crippen LogP contribution is 2.08. The van der Waals surface area contributed by atoms with Crippen LogP contribution in [-0.4, -0.2) is 27.3 Å². The van der Waals surface area contributed by atoms with Gasteiger partial charge in [0.15, 0.2) is 0 Å². The van der Waals surface area contributed by atoms with Gasteiger partial charge in [0.1, 0.15) is 0 Å². The van der Waals surface area contributed by atoms with Gasteiger partial charge in [0.2, 0.25) is 0 Å². The van der Waals surface area contributed by atoms with Crippen molar-refractivity contribution in [1.82, 2.24) is 9.88 Å². The molecule has 4 heteroatoms. The van der Waals surface area contributed by atoms with E-state index in [4.69, 9.17) is 5.21 Å². The first-order valence-corrected chi connectivity index (χ1v) is 6.61. The van der Waals surface area contributed by atoms with Gasteiger partial charge < -0.3 is 5.21 Å². The SMILES string of the molecule is CC(CN(Cc1ccccc1)Cc1ccccn1)=NO. The van der Waals surface area contributed by atoms with Crippen LogP contribution in [0, 0.1) is 0 Å². The van der Waals surface area contributed by atoms with Gasteiger partial charge in [-0.3, -0.25) is 9.88 Å². The predicted molar refractivity (Wildman–Crippen MR) is 79.7 cm³/mol. The van der Waals surface area contributed by atoms with Crippen molar-refractivity contribution in [2.45, 2.75) is 20.0 Å². The number of rotatable bonds is 6. The molecule has 1 aromatic heterocycles. The Balaban J connectivity index is 2.08. The van der Waals surface area contributed by atoms with Crippen molar-refractivity contribution in [2.75, 3.05) is 6.54 Å². The second-order valence-corrected chi connectivity index (χ2v) is 4.79. The quantitative estimate of drug-likeness (QED) is 0.498. The molecule has 1 heterocycles. The Morgan fingerprint density at radius 1 is 1.10 bits per heavy atom. The fourth-order valence-corrected chi connectivity index (χ4v) is 2.09. The molecule has 20 heavy (non-hydrogen) atoms. The maximum absolute atomic E-state index is 8.86. The molecule has 0 fully saturated rings. The smallest absolute Gasteiger partial charge is 0.0680 e. The van der Waals surface area contributed by atoms with E-state index in [9.17, 15) is 0 Å². The number of pyridine rings is 1. The summed E-state index contributed by atoms with van der Waals surface area (Å²) in [6, 6.07) is 16.1. The fraction of sp³-hybridized carbons (Fsp3) is 0.250. The Bertz CT molecular complexity index is 499. The highest BCUT2D eigenvalue weighted by molar-refractivity contribution is 5.83. The van der Waals surface area contributed by atoms with E-state index in [-0.39, 0.29) is 0 Å². The number of nitrogens with zero attached hydrogens (tertiary/aromatic N) is 3. The van der Waals surface area contributed by atoms with Crippen LogP contribution in [0.3, 0.4) is 0 Å². The van der Waals surface area contributed by atoms with E-state index >= 15 is 0 Å². The molecule has 0 spiro atoms. The third-order valence-electron chi connectivity index (χ3n) is 2.98. The van der Waals surface area contributed by atoms with E-state index in [0.717, 1.165) is 18.8 Å². The summed E-state index contributed by atoms with van der Waals surface area (Å²) in [6.07, 6.45) is 1.79. The zero-order chi connectivity index (χ0) is 14.2. The zero-order valence-corrected chi connectivity index (χ0v) is 11.6. The second-order valence-electron chi connectivity index (χ2n) is 4.79. The van der Waals surface area contributed by atoms with E-state index in [2.05, 4.69) is 27.2 Å². The van der Waals surface area contributed by atoms with Gasteiger partial charge in [-0.05, 0) is 24.6 Å². The molecule has 1 aromatic carbocycles. The molecular formula is C16H19N3O. The first-order chi connectivity index (χ1) is 9.78. The van der Waals surface area contributed by atoms with Gasteiger partial charge in [0, 0.05) is 25.8 Å². The Morgan fingerprint density at radius 3 is 2.50 bits per heavy atom. The standard InChI is InChI=1S/C16H19N3O/c1-14(18-20)11-19(12-15-7-3-2-4-8-15)13-16-9-5-6-10-17-16/h2-10,20H,11-13H2,1H3. The molecular weight excluding hydrogens is 250 g/mol. The first-order valence-electron chi connectivity index (χ1n) is 6.61. The van der Waals surface area contributed by atoms with Crippen molar-refractivity contribution < 1.29 is 5.21 Å². The summed E-state index contributed by atoms with van der Waals surface area (Å²) in [5.41, 5.74) is 2.93. The molecule has 0 unspecified atom stereocenters. The van der Waals surface area contributed by atoms with Crippen LogP contribution in [0.2, 0.25) is 0 Å². The lowest BCUT2D eigenvalue weighted by molar-refractivity contribution is 0.278. The van der Waals surface area contributed by atoms with Crippen molar-refractivity contribution >= 4 is 5.71 Å². The zero-order valence-electron chi connectivity index (χ0n) is 11.6. The largest absolute Gasteiger partial charge is 0.411 e. The number of oxime groups is 1. The Hall–Kier alpha value is -2.20. The van der Waals surface area contributed by atoms with Gasteiger partial charge in [-0.25, -0.2) is 0 Å². The second kappa shape index (κ2) is 7.40. The minimum atomic E-state index is 0.613. The summed E-state index contributed by atoms with van der Waals surface area (Å²) in [6.45, 7) is 3.95. The van der Waals surface area contributed by atoms with Gasteiger partial charge in [-0.1, -0.05) is 41.6 Å². The summed E-state index contributed by atoms with van der Waals surface area (Å²) in [5.74, 6) is 0. The van der Waals surface area contributed by atoms with Crippen LogP contribution in [-0.2, 0) is 13.1 Å². The van der Waals surface area contributed by atoms with E-state index in [1.807, 2.05) is 43.3 Å². The Labute approximate surface area is 119 Å². The number of benzene rings is 1. The maximum Gasteiger partial charge on any atom is 0.0680 e. The molecule has 0 atom stereocenters. The average Bonchev–Trinajstić information content (AvgIpc) is 2.49. The number of aromatic nitrogens is 1. The van der Waals surface area contributed by atoms with Crippen LogP contribution in [0.25, 0.3) is 0 Å². The van der Waals surface area contributed by atoms with Crippen LogP contribution >= 0.6 is 0 Å². The molecule has 0 bridgehead atoms. The van der Waals surface area contributed by atoms with Gasteiger partial charge in [0.05, 0.1) is 11.4 Å². The molecule has 0 amide bonds. The summed E-state index contributed by atoms with van der Waals surface area (Å²) in [5, 5.41) is 12.1. The number of hydrogen-bond donors (Lipinski definition) is 1. The van der Waals surface area contributed by atoms with Crippen molar-refractivity contribution in [3.8, 4) is 0 Å². The van der Waals surface area contributed by atoms with Crippen molar-refractivity contribution in [3.05, 3.63) is 66.0 Å². The third kappa shape index (κ3) is 4.48. The van der Waals surface area contributed by atoms with Gasteiger partial charge >= 0.3 is 0 Å². The van der Waals surface area contributed by atoms with E-state index in [1.54, 1.807) is 6.20 Å². The maximum atomic E-state index is 8.86. The molecule has 0 saturated heterocycles. The Kier molecular flexibility index (Phi) is 5.26. The lowest BCUT2D eigenvalue weighted by Gasteiger charge is -2.21. The normalized spacial score (nSPS) is 11.8. The van der Waals surface area contributed by atoms with Crippen molar-refractivity contribution in [1.29, 1.82) is 0 Å². The molecule has 4 nitrogen and oxygen atoms in total. The highest BCUT2D eigenvalue weighted by atomic mass is 16.4. The van der Waals surface area contributed by atoms with Crippen LogP contribution in [0.4, 0.5) is 0 Å². The van der Waals surface area contributed by atoms with Gasteiger partial charge in [0.25, 0.3) is 0 Å². The van der Waals surface area contributed by atoms with Crippen LogP contribution in [0.15, 0.2) is 59.9 Å². The molecule has 1 N–H and O–H groups in total. The summed E-state index contributed by atoms with van der Waals surface area (Å²) < 4.78 is 0. The summed E-state index contributed by atoms with van der Waals surface area (Å²) >= 11 is 0. The molecule has 0 aliphatic heterocycles. The van der Waals surface area contributed by atoms with E-state index in [1.165, 1.54) is 5.56 Å². The highest BCUT2D eigenvalue weighted by Gasteiger charge is 2.09. The summed E-state index contributed by atoms with van der Waals surface area (Å²) in [4.78, 5) is 6.55. The minimum Gasteiger partial charge on any atom is -0.411 e. The van der Waals surface area contributed by atoms with Crippen molar-refractivity contribution in [2.24, 2.45) is 5.16 Å². The molecule has 0 aliphatic rings.